The van der Waals surface area contributed by atoms with Crippen molar-refractivity contribution in [2.75, 3.05) is 0 Å². The van der Waals surface area contributed by atoms with Crippen LogP contribution >= 0.6 is 0 Å². The molecular formula is C10H7N2O2. The predicted octanol–water partition coefficient (Wildman–Crippen LogP) is 0.888. The van der Waals surface area contributed by atoms with Gasteiger partial charge < -0.3 is 10.3 Å². The van der Waals surface area contributed by atoms with Gasteiger partial charge in [-0.15, -0.1) is 0 Å². The van der Waals surface area contributed by atoms with E-state index in [1.54, 1.807) is 24.5 Å². The molecule has 0 aliphatic carbocycles. The average molecular weight is 187 g/mol. The van der Waals surface area contributed by atoms with Crippen LogP contribution in [0.25, 0.3) is 11.1 Å². The maximum atomic E-state index is 10.8. The summed E-state index contributed by atoms with van der Waals surface area (Å²) in [6.45, 7) is 0. The monoisotopic (exact) mass is 187 g/mol. The normalized spacial score (nSPS) is 10.0. The summed E-state index contributed by atoms with van der Waals surface area (Å²) in [5.41, 5.74) is 1.30. The topological polar surface area (TPSA) is 60.1 Å². The molecule has 0 unspecified atom stereocenters. The van der Waals surface area contributed by atoms with Crippen LogP contribution in [0.4, 0.5) is 0 Å². The standard InChI is InChI=1S/C10H7N2O2/c13-10-7-12(14)5-3-9(10)8-2-1-4-11-6-8/h1-6,13H. The second-order valence-electron chi connectivity index (χ2n) is 2.76. The molecule has 0 saturated carbocycles. The molecule has 0 aromatic carbocycles. The summed E-state index contributed by atoms with van der Waals surface area (Å²) >= 11 is 0. The van der Waals surface area contributed by atoms with Gasteiger partial charge in [-0.05, 0) is 6.07 Å². The lowest BCUT2D eigenvalue weighted by atomic mass is 10.1. The van der Waals surface area contributed by atoms with Gasteiger partial charge in [0.2, 0.25) is 5.75 Å². The molecule has 0 saturated heterocycles. The van der Waals surface area contributed by atoms with Crippen LogP contribution in [0.3, 0.4) is 0 Å². The van der Waals surface area contributed by atoms with Gasteiger partial charge in [0.1, 0.15) is 0 Å². The molecule has 4 heteroatoms. The Morgan fingerprint density at radius 2 is 2.29 bits per heavy atom. The van der Waals surface area contributed by atoms with E-state index in [1.807, 2.05) is 0 Å². The molecule has 0 spiro atoms. The third kappa shape index (κ3) is 1.50. The van der Waals surface area contributed by atoms with Crippen LogP contribution in [0.5, 0.6) is 5.75 Å². The highest BCUT2D eigenvalue weighted by Crippen LogP contribution is 2.25. The maximum Gasteiger partial charge on any atom is 0.336 e. The van der Waals surface area contributed by atoms with Crippen molar-refractivity contribution < 1.29 is 9.84 Å². The summed E-state index contributed by atoms with van der Waals surface area (Å²) < 4.78 is 0.426. The molecule has 2 aromatic heterocycles. The van der Waals surface area contributed by atoms with Gasteiger partial charge in [0.05, 0.1) is 0 Å². The Balaban J connectivity index is 2.53. The number of hydrogen-bond acceptors (Lipinski definition) is 3. The van der Waals surface area contributed by atoms with Crippen molar-refractivity contribution in [3.05, 3.63) is 48.2 Å². The fraction of sp³-hybridized carbons (Fsp3) is 0. The first-order valence-electron chi connectivity index (χ1n) is 4.02. The number of pyridine rings is 2. The minimum Gasteiger partial charge on any atom is -0.618 e. The van der Waals surface area contributed by atoms with Gasteiger partial charge in [0.25, 0.3) is 0 Å². The molecule has 4 nitrogen and oxygen atoms in total. The lowest BCUT2D eigenvalue weighted by Crippen LogP contribution is -2.24. The summed E-state index contributed by atoms with van der Waals surface area (Å²) in [5, 5.41) is 20.2. The first-order chi connectivity index (χ1) is 6.77. The van der Waals surface area contributed by atoms with Crippen LogP contribution in [0.15, 0.2) is 36.8 Å². The number of rotatable bonds is 1. The zero-order chi connectivity index (χ0) is 9.97. The van der Waals surface area contributed by atoms with Crippen LogP contribution in [0.2, 0.25) is 0 Å². The number of nitrogens with zero attached hydrogens (tertiary/aromatic N) is 2. The highest BCUT2D eigenvalue weighted by atomic mass is 16.5. The summed E-state index contributed by atoms with van der Waals surface area (Å²) in [6, 6.07) is 5.08. The molecule has 14 heavy (non-hydrogen) atoms. The van der Waals surface area contributed by atoms with E-state index >= 15 is 0 Å². The van der Waals surface area contributed by atoms with E-state index in [9.17, 15) is 10.3 Å². The van der Waals surface area contributed by atoms with Gasteiger partial charge in [-0.25, -0.2) is 0 Å². The smallest absolute Gasteiger partial charge is 0.336 e. The molecular weight excluding hydrogens is 180 g/mol. The highest BCUT2D eigenvalue weighted by Gasteiger charge is 2.08. The van der Waals surface area contributed by atoms with Gasteiger partial charge in [-0.1, -0.05) is 6.07 Å². The minimum absolute atomic E-state index is 0.171. The van der Waals surface area contributed by atoms with Crippen molar-refractivity contribution in [1.29, 1.82) is 0 Å². The van der Waals surface area contributed by atoms with Crippen LogP contribution in [0, 0.1) is 11.4 Å². The third-order valence-electron chi connectivity index (χ3n) is 1.82. The van der Waals surface area contributed by atoms with Crippen molar-refractivity contribution in [3.8, 4) is 16.9 Å². The Hall–Kier alpha value is -2.10. The molecule has 1 radical (unpaired) electrons. The fourth-order valence-corrected chi connectivity index (χ4v) is 1.18. The lowest BCUT2D eigenvalue weighted by Gasteiger charge is -2.02. The summed E-state index contributed by atoms with van der Waals surface area (Å²) in [7, 11) is 0. The quantitative estimate of drug-likeness (QED) is 0.532. The second-order valence-corrected chi connectivity index (χ2v) is 2.76. The number of aromatic nitrogens is 2. The largest absolute Gasteiger partial charge is 0.618 e. The Bertz CT molecular complexity index is 443. The lowest BCUT2D eigenvalue weighted by molar-refractivity contribution is -0.610. The molecule has 2 heterocycles. The Morgan fingerprint density at radius 3 is 2.93 bits per heavy atom. The first kappa shape index (κ1) is 8.50. The zero-order valence-electron chi connectivity index (χ0n) is 7.21. The van der Waals surface area contributed by atoms with E-state index in [2.05, 4.69) is 11.2 Å². The van der Waals surface area contributed by atoms with Gasteiger partial charge in [-0.3, -0.25) is 4.98 Å². The van der Waals surface area contributed by atoms with Crippen LogP contribution in [-0.4, -0.2) is 10.1 Å². The van der Waals surface area contributed by atoms with Gasteiger partial charge in [0, 0.05) is 29.6 Å². The van der Waals surface area contributed by atoms with E-state index < -0.39 is 0 Å². The Kier molecular flexibility index (Phi) is 2.02. The summed E-state index contributed by atoms with van der Waals surface area (Å²) in [5.74, 6) is -0.171. The molecule has 2 rings (SSSR count). The van der Waals surface area contributed by atoms with Crippen molar-refractivity contribution >= 4 is 0 Å². The van der Waals surface area contributed by atoms with E-state index in [0.29, 0.717) is 10.3 Å². The second kappa shape index (κ2) is 3.33. The van der Waals surface area contributed by atoms with Crippen LogP contribution < -0.4 is 4.73 Å². The molecule has 0 atom stereocenters. The van der Waals surface area contributed by atoms with Gasteiger partial charge in [-0.2, -0.15) is 4.73 Å². The van der Waals surface area contributed by atoms with E-state index in [0.717, 1.165) is 5.56 Å². The minimum atomic E-state index is -0.171. The van der Waals surface area contributed by atoms with Crippen molar-refractivity contribution in [2.45, 2.75) is 0 Å². The predicted molar refractivity (Wildman–Crippen MR) is 49.1 cm³/mol. The number of hydrogen-bond donors (Lipinski definition) is 1. The first-order valence-corrected chi connectivity index (χ1v) is 4.02. The summed E-state index contributed by atoms with van der Waals surface area (Å²) in [4.78, 5) is 3.91. The molecule has 0 fully saturated rings. The number of aromatic hydroxyl groups is 1. The van der Waals surface area contributed by atoms with Gasteiger partial charge in [0.15, 0.2) is 6.20 Å². The molecule has 69 valence electrons. The molecule has 0 bridgehead atoms. The van der Waals surface area contributed by atoms with Crippen LogP contribution in [-0.2, 0) is 0 Å². The molecule has 0 aliphatic rings. The highest BCUT2D eigenvalue weighted by molar-refractivity contribution is 5.67. The zero-order valence-corrected chi connectivity index (χ0v) is 7.21. The van der Waals surface area contributed by atoms with E-state index in [-0.39, 0.29) is 5.75 Å². The molecule has 2 aromatic rings. The van der Waals surface area contributed by atoms with Crippen molar-refractivity contribution in [2.24, 2.45) is 0 Å². The summed E-state index contributed by atoms with van der Waals surface area (Å²) in [6.07, 6.45) is 6.75. The molecule has 0 aliphatic heterocycles. The fourth-order valence-electron chi connectivity index (χ4n) is 1.18. The van der Waals surface area contributed by atoms with Crippen molar-refractivity contribution in [3.63, 3.8) is 0 Å². The third-order valence-corrected chi connectivity index (χ3v) is 1.82. The van der Waals surface area contributed by atoms with Crippen LogP contribution in [0.1, 0.15) is 0 Å². The maximum absolute atomic E-state index is 10.8. The Morgan fingerprint density at radius 1 is 1.43 bits per heavy atom. The molecule has 1 N–H and O–H groups in total. The molecule has 0 amide bonds. The van der Waals surface area contributed by atoms with E-state index in [1.165, 1.54) is 12.3 Å². The van der Waals surface area contributed by atoms with E-state index in [4.69, 9.17) is 0 Å². The van der Waals surface area contributed by atoms with Crippen molar-refractivity contribution in [1.82, 2.24) is 4.98 Å². The average Bonchev–Trinajstić information content (AvgIpc) is 2.19. The van der Waals surface area contributed by atoms with Gasteiger partial charge >= 0.3 is 6.20 Å². The SMILES string of the molecule is [O-][n+]1[c]c(O)c(-c2cccnc2)cc1. The Labute approximate surface area is 80.7 Å².